The second kappa shape index (κ2) is 9.92. The van der Waals surface area contributed by atoms with Gasteiger partial charge in [-0.05, 0) is 44.0 Å². The van der Waals surface area contributed by atoms with Crippen molar-refractivity contribution in [3.05, 3.63) is 52.8 Å². The molecule has 0 N–H and O–H groups in total. The largest absolute Gasteiger partial charge is 0.494 e. The van der Waals surface area contributed by atoms with E-state index in [4.69, 9.17) is 9.48 Å². The molecule has 1 atom stereocenters. The fourth-order valence-electron chi connectivity index (χ4n) is 4.29. The SMILES string of the molecule is CCOc1ccc(N=[P@](c2ccncc2)(N2CCCCCC2)C(C)(C)C)c([N+](=O)[O-])c1. The first kappa shape index (κ1) is 23.4. The van der Waals surface area contributed by atoms with Gasteiger partial charge in [0.1, 0.15) is 11.4 Å². The summed E-state index contributed by atoms with van der Waals surface area (Å²) in [6.07, 6.45) is 8.25. The second-order valence-corrected chi connectivity index (χ2v) is 12.6. The number of hydrogen-bond donors (Lipinski definition) is 0. The maximum Gasteiger partial charge on any atom is 0.298 e. The molecule has 1 aromatic heterocycles. The van der Waals surface area contributed by atoms with E-state index in [0.717, 1.165) is 31.2 Å². The predicted molar refractivity (Wildman–Crippen MR) is 127 cm³/mol. The molecule has 1 saturated heterocycles. The molecule has 7 nitrogen and oxygen atoms in total. The molecule has 168 valence electrons. The lowest BCUT2D eigenvalue weighted by Gasteiger charge is -2.45. The Kier molecular flexibility index (Phi) is 7.50. The first-order valence-electron chi connectivity index (χ1n) is 11.0. The minimum Gasteiger partial charge on any atom is -0.494 e. The third-order valence-corrected chi connectivity index (χ3v) is 10.3. The zero-order valence-corrected chi connectivity index (χ0v) is 19.8. The van der Waals surface area contributed by atoms with Gasteiger partial charge in [-0.15, -0.1) is 0 Å². The molecule has 2 aromatic rings. The van der Waals surface area contributed by atoms with Gasteiger partial charge in [-0.1, -0.05) is 33.6 Å². The molecule has 1 aromatic carbocycles. The van der Waals surface area contributed by atoms with Crippen molar-refractivity contribution in [3.8, 4) is 5.75 Å². The number of ether oxygens (including phenoxy) is 1. The van der Waals surface area contributed by atoms with Crippen molar-refractivity contribution in [3.63, 3.8) is 0 Å². The lowest BCUT2D eigenvalue weighted by Crippen LogP contribution is -2.37. The summed E-state index contributed by atoms with van der Waals surface area (Å²) in [6.45, 7) is 10.8. The number of nitro benzene ring substituents is 1. The van der Waals surface area contributed by atoms with Crippen LogP contribution in [-0.4, -0.2) is 39.4 Å². The number of rotatable bonds is 6. The molecule has 0 aliphatic carbocycles. The lowest BCUT2D eigenvalue weighted by atomic mass is 10.2. The van der Waals surface area contributed by atoms with Crippen LogP contribution in [0.5, 0.6) is 5.75 Å². The van der Waals surface area contributed by atoms with Gasteiger partial charge >= 0.3 is 0 Å². The molecule has 8 heteroatoms. The highest BCUT2D eigenvalue weighted by molar-refractivity contribution is 7.73. The van der Waals surface area contributed by atoms with Gasteiger partial charge in [-0.2, -0.15) is 0 Å². The van der Waals surface area contributed by atoms with Crippen LogP contribution in [0.1, 0.15) is 53.4 Å². The average molecular weight is 445 g/mol. The first-order chi connectivity index (χ1) is 14.8. The molecule has 0 unspecified atom stereocenters. The number of aromatic nitrogens is 1. The highest BCUT2D eigenvalue weighted by Gasteiger charge is 2.41. The van der Waals surface area contributed by atoms with Crippen LogP contribution >= 0.6 is 7.21 Å². The Morgan fingerprint density at radius 2 is 1.77 bits per heavy atom. The van der Waals surface area contributed by atoms with E-state index < -0.39 is 7.21 Å². The van der Waals surface area contributed by atoms with Crippen LogP contribution in [-0.2, 0) is 0 Å². The van der Waals surface area contributed by atoms with Crippen molar-refractivity contribution in [2.45, 2.75) is 58.5 Å². The topological polar surface area (TPSA) is 80.9 Å². The molecule has 1 aliphatic heterocycles. The Bertz CT molecular complexity index is 949. The van der Waals surface area contributed by atoms with Crippen LogP contribution in [0.2, 0.25) is 0 Å². The third kappa shape index (κ3) is 4.99. The minimum atomic E-state index is -2.38. The Hall–Kier alpha value is -2.24. The van der Waals surface area contributed by atoms with Crippen LogP contribution < -0.4 is 10.0 Å². The van der Waals surface area contributed by atoms with E-state index in [9.17, 15) is 10.1 Å². The predicted octanol–water partition coefficient (Wildman–Crippen LogP) is 6.14. The van der Waals surface area contributed by atoms with Crippen LogP contribution in [0.15, 0.2) is 47.5 Å². The van der Waals surface area contributed by atoms with Gasteiger partial charge in [0.25, 0.3) is 5.69 Å². The maximum atomic E-state index is 12.0. The summed E-state index contributed by atoms with van der Waals surface area (Å²) < 4.78 is 13.4. The van der Waals surface area contributed by atoms with Crippen LogP contribution in [0, 0.1) is 10.1 Å². The van der Waals surface area contributed by atoms with E-state index in [1.54, 1.807) is 24.5 Å². The van der Waals surface area contributed by atoms with E-state index in [-0.39, 0.29) is 15.8 Å². The molecule has 2 heterocycles. The van der Waals surface area contributed by atoms with Gasteiger partial charge in [0.15, 0.2) is 0 Å². The quantitative estimate of drug-likeness (QED) is 0.304. The normalized spacial score (nSPS) is 17.4. The smallest absolute Gasteiger partial charge is 0.298 e. The summed E-state index contributed by atoms with van der Waals surface area (Å²) in [7, 11) is -2.38. The molecule has 0 spiro atoms. The molecule has 31 heavy (non-hydrogen) atoms. The highest BCUT2D eigenvalue weighted by Crippen LogP contribution is 2.65. The highest BCUT2D eigenvalue weighted by atomic mass is 31.2. The number of nitrogens with zero attached hydrogens (tertiary/aromatic N) is 4. The van der Waals surface area contributed by atoms with E-state index in [1.165, 1.54) is 18.9 Å². The summed E-state index contributed by atoms with van der Waals surface area (Å²) in [5.74, 6) is 0.492. The van der Waals surface area contributed by atoms with E-state index in [2.05, 4.69) is 30.4 Å². The summed E-state index contributed by atoms with van der Waals surface area (Å²) in [4.78, 5) is 15.8. The zero-order chi connectivity index (χ0) is 22.5. The fourth-order valence-corrected chi connectivity index (χ4v) is 8.67. The summed E-state index contributed by atoms with van der Waals surface area (Å²) in [5, 5.41) is 12.9. The molecule has 1 fully saturated rings. The molecular formula is C23H33N4O3P. The number of benzene rings is 1. The Labute approximate surface area is 185 Å². The second-order valence-electron chi connectivity index (χ2n) is 8.79. The summed E-state index contributed by atoms with van der Waals surface area (Å²) in [6, 6.07) is 9.08. The molecule has 0 radical (unpaired) electrons. The average Bonchev–Trinajstić information content (AvgIpc) is 3.02. The van der Waals surface area contributed by atoms with E-state index in [0.29, 0.717) is 18.0 Å². The zero-order valence-electron chi connectivity index (χ0n) is 19.0. The van der Waals surface area contributed by atoms with Crippen molar-refractivity contribution in [2.75, 3.05) is 19.7 Å². The molecular weight excluding hydrogens is 411 g/mol. The molecule has 0 amide bonds. The van der Waals surface area contributed by atoms with Crippen molar-refractivity contribution < 1.29 is 9.66 Å². The molecule has 1 aliphatic rings. The molecule has 3 rings (SSSR count). The van der Waals surface area contributed by atoms with Gasteiger partial charge in [0.2, 0.25) is 0 Å². The monoisotopic (exact) mass is 444 g/mol. The third-order valence-electron chi connectivity index (χ3n) is 5.66. The van der Waals surface area contributed by atoms with Crippen molar-refractivity contribution in [2.24, 2.45) is 4.74 Å². The van der Waals surface area contributed by atoms with E-state index >= 15 is 0 Å². The van der Waals surface area contributed by atoms with Crippen LogP contribution in [0.3, 0.4) is 0 Å². The van der Waals surface area contributed by atoms with Gasteiger partial charge in [-0.3, -0.25) is 19.8 Å². The van der Waals surface area contributed by atoms with Crippen molar-refractivity contribution in [1.29, 1.82) is 0 Å². The van der Waals surface area contributed by atoms with Crippen LogP contribution in [0.4, 0.5) is 11.4 Å². The number of hydrogen-bond acceptors (Lipinski definition) is 5. The Morgan fingerprint density at radius 1 is 1.13 bits per heavy atom. The minimum absolute atomic E-state index is 0.0107. The van der Waals surface area contributed by atoms with Gasteiger partial charge in [-0.25, -0.2) is 4.74 Å². The molecule has 0 saturated carbocycles. The number of nitro groups is 1. The maximum absolute atomic E-state index is 12.0. The van der Waals surface area contributed by atoms with Crippen molar-refractivity contribution in [1.82, 2.24) is 9.65 Å². The van der Waals surface area contributed by atoms with Gasteiger partial charge < -0.3 is 4.74 Å². The van der Waals surface area contributed by atoms with Gasteiger partial charge in [0.05, 0.1) is 24.8 Å². The van der Waals surface area contributed by atoms with Crippen molar-refractivity contribution >= 4 is 23.9 Å². The lowest BCUT2D eigenvalue weighted by molar-refractivity contribution is -0.384. The standard InChI is InChI=1S/C23H33N4O3P/c1-5-30-19-10-11-21(22(18-19)27(28)29)25-31(23(2,3)4,20-12-14-24-15-13-20)26-16-8-6-7-9-17-26/h10-15,18H,5-9,16-17H2,1-4H3/t31-/m1/s1. The molecule has 0 bridgehead atoms. The first-order valence-corrected chi connectivity index (χ1v) is 12.7. The number of pyridine rings is 1. The summed E-state index contributed by atoms with van der Waals surface area (Å²) >= 11 is 0. The van der Waals surface area contributed by atoms with Crippen LogP contribution in [0.25, 0.3) is 0 Å². The summed E-state index contributed by atoms with van der Waals surface area (Å²) in [5.41, 5.74) is 0.404. The van der Waals surface area contributed by atoms with E-state index in [1.807, 2.05) is 19.1 Å². The fraction of sp³-hybridized carbons (Fsp3) is 0.522. The van der Waals surface area contributed by atoms with Gasteiger partial charge in [0, 0.05) is 35.9 Å². The Balaban J connectivity index is 2.33. The Morgan fingerprint density at radius 3 is 2.32 bits per heavy atom.